The van der Waals surface area contributed by atoms with Crippen LogP contribution in [-0.4, -0.2) is 47.3 Å². The maximum Gasteiger partial charge on any atom is 0.410 e. The van der Waals surface area contributed by atoms with Crippen molar-refractivity contribution in [2.75, 3.05) is 24.5 Å². The number of halogens is 1. The zero-order chi connectivity index (χ0) is 15.6. The van der Waals surface area contributed by atoms with Gasteiger partial charge in [0.05, 0.1) is 0 Å². The summed E-state index contributed by atoms with van der Waals surface area (Å²) in [7, 11) is 0. The number of ether oxygens (including phenoxy) is 1. The SMILES string of the molecule is C[C@@H]1CN(c2cc(Br)ccn2)CCN1C(=O)OC(C)(C)C. The molecule has 116 valence electrons. The van der Waals surface area contributed by atoms with Crippen molar-refractivity contribution in [3.05, 3.63) is 22.8 Å². The molecule has 1 aromatic heterocycles. The van der Waals surface area contributed by atoms with Crippen LogP contribution in [0.4, 0.5) is 10.6 Å². The number of hydrogen-bond acceptors (Lipinski definition) is 4. The Morgan fingerprint density at radius 3 is 2.71 bits per heavy atom. The highest BCUT2D eigenvalue weighted by molar-refractivity contribution is 9.10. The minimum absolute atomic E-state index is 0.0920. The number of anilines is 1. The molecule has 21 heavy (non-hydrogen) atoms. The van der Waals surface area contributed by atoms with Gasteiger partial charge in [-0.25, -0.2) is 9.78 Å². The molecule has 0 radical (unpaired) electrons. The molecule has 0 bridgehead atoms. The van der Waals surface area contributed by atoms with Crippen LogP contribution in [0.1, 0.15) is 27.7 Å². The fourth-order valence-corrected chi connectivity index (χ4v) is 2.65. The summed E-state index contributed by atoms with van der Waals surface area (Å²) < 4.78 is 6.46. The van der Waals surface area contributed by atoms with E-state index >= 15 is 0 Å². The summed E-state index contributed by atoms with van der Waals surface area (Å²) in [4.78, 5) is 20.6. The molecular weight excluding hydrogens is 334 g/mol. The molecule has 0 spiro atoms. The summed E-state index contributed by atoms with van der Waals surface area (Å²) in [5.41, 5.74) is -0.459. The molecule has 0 unspecified atom stereocenters. The van der Waals surface area contributed by atoms with Crippen molar-refractivity contribution in [1.82, 2.24) is 9.88 Å². The van der Waals surface area contributed by atoms with Gasteiger partial charge >= 0.3 is 6.09 Å². The number of amides is 1. The van der Waals surface area contributed by atoms with E-state index in [1.807, 2.05) is 39.8 Å². The zero-order valence-corrected chi connectivity index (χ0v) is 14.6. The van der Waals surface area contributed by atoms with Gasteiger partial charge in [-0.15, -0.1) is 0 Å². The summed E-state index contributed by atoms with van der Waals surface area (Å²) in [5, 5.41) is 0. The maximum absolute atomic E-state index is 12.2. The monoisotopic (exact) mass is 355 g/mol. The number of rotatable bonds is 1. The highest BCUT2D eigenvalue weighted by Gasteiger charge is 2.31. The van der Waals surface area contributed by atoms with Crippen LogP contribution in [0.15, 0.2) is 22.8 Å². The number of piperazine rings is 1. The molecule has 1 atom stereocenters. The van der Waals surface area contributed by atoms with Gasteiger partial charge in [0.15, 0.2) is 0 Å². The fourth-order valence-electron chi connectivity index (χ4n) is 2.32. The first-order valence-corrected chi connectivity index (χ1v) is 7.92. The first-order valence-electron chi connectivity index (χ1n) is 7.12. The molecule has 1 saturated heterocycles. The van der Waals surface area contributed by atoms with Gasteiger partial charge in [-0.05, 0) is 39.8 Å². The van der Waals surface area contributed by atoms with Gasteiger partial charge in [0.25, 0.3) is 0 Å². The van der Waals surface area contributed by atoms with Crippen molar-refractivity contribution in [1.29, 1.82) is 0 Å². The van der Waals surface area contributed by atoms with Crippen molar-refractivity contribution >= 4 is 27.8 Å². The molecule has 2 rings (SSSR count). The molecule has 5 nitrogen and oxygen atoms in total. The maximum atomic E-state index is 12.2. The van der Waals surface area contributed by atoms with Gasteiger partial charge < -0.3 is 14.5 Å². The van der Waals surface area contributed by atoms with E-state index in [9.17, 15) is 4.79 Å². The Labute approximate surface area is 134 Å². The number of carbonyl (C=O) groups excluding carboxylic acids is 1. The van der Waals surface area contributed by atoms with Crippen LogP contribution in [0.5, 0.6) is 0 Å². The first-order chi connectivity index (χ1) is 9.76. The van der Waals surface area contributed by atoms with E-state index in [1.54, 1.807) is 11.1 Å². The van der Waals surface area contributed by atoms with Gasteiger partial charge in [-0.3, -0.25) is 0 Å². The molecule has 0 saturated carbocycles. The molecule has 2 heterocycles. The summed E-state index contributed by atoms with van der Waals surface area (Å²) >= 11 is 3.46. The van der Waals surface area contributed by atoms with Gasteiger partial charge in [0, 0.05) is 36.3 Å². The van der Waals surface area contributed by atoms with Crippen LogP contribution >= 0.6 is 15.9 Å². The minimum Gasteiger partial charge on any atom is -0.444 e. The predicted octanol–water partition coefficient (Wildman–Crippen LogP) is 3.29. The third kappa shape index (κ3) is 4.33. The number of hydrogen-bond donors (Lipinski definition) is 0. The van der Waals surface area contributed by atoms with Crippen molar-refractivity contribution in [3.8, 4) is 0 Å². The van der Waals surface area contributed by atoms with Crippen LogP contribution in [-0.2, 0) is 4.74 Å². The van der Waals surface area contributed by atoms with Gasteiger partial charge in [-0.1, -0.05) is 15.9 Å². The quantitative estimate of drug-likeness (QED) is 0.775. The van der Waals surface area contributed by atoms with Crippen LogP contribution in [0.25, 0.3) is 0 Å². The van der Waals surface area contributed by atoms with Crippen molar-refractivity contribution in [2.24, 2.45) is 0 Å². The van der Waals surface area contributed by atoms with Gasteiger partial charge in [0.1, 0.15) is 11.4 Å². The smallest absolute Gasteiger partial charge is 0.410 e. The summed E-state index contributed by atoms with van der Waals surface area (Å²) in [6, 6.07) is 3.99. The Morgan fingerprint density at radius 1 is 1.43 bits per heavy atom. The van der Waals surface area contributed by atoms with Crippen LogP contribution < -0.4 is 4.90 Å². The third-order valence-corrected chi connectivity index (χ3v) is 3.78. The lowest BCUT2D eigenvalue weighted by atomic mass is 10.2. The van der Waals surface area contributed by atoms with E-state index in [2.05, 4.69) is 25.8 Å². The van der Waals surface area contributed by atoms with E-state index in [0.717, 1.165) is 23.4 Å². The highest BCUT2D eigenvalue weighted by Crippen LogP contribution is 2.21. The van der Waals surface area contributed by atoms with E-state index in [4.69, 9.17) is 4.74 Å². The third-order valence-electron chi connectivity index (χ3n) is 3.29. The molecule has 1 aliphatic rings. The van der Waals surface area contributed by atoms with E-state index < -0.39 is 5.60 Å². The Hall–Kier alpha value is -1.30. The second-order valence-corrected chi connectivity index (χ2v) is 7.22. The second kappa shape index (κ2) is 6.22. The van der Waals surface area contributed by atoms with Crippen molar-refractivity contribution < 1.29 is 9.53 Å². The molecule has 1 aromatic rings. The zero-order valence-electron chi connectivity index (χ0n) is 13.0. The molecule has 1 amide bonds. The lowest BCUT2D eigenvalue weighted by Crippen LogP contribution is -2.55. The van der Waals surface area contributed by atoms with E-state index in [1.165, 1.54) is 0 Å². The van der Waals surface area contributed by atoms with Crippen LogP contribution in [0.2, 0.25) is 0 Å². The standard InChI is InChI=1S/C15H22BrN3O2/c1-11-10-18(13-9-12(16)5-6-17-13)7-8-19(11)14(20)21-15(2,3)4/h5-6,9,11H,7-8,10H2,1-4H3/t11-/m1/s1. The topological polar surface area (TPSA) is 45.7 Å². The summed E-state index contributed by atoms with van der Waals surface area (Å²) in [6.45, 7) is 9.85. The summed E-state index contributed by atoms with van der Waals surface area (Å²) in [5.74, 6) is 0.931. The molecule has 0 aliphatic carbocycles. The molecule has 6 heteroatoms. The molecule has 0 aromatic carbocycles. The number of carbonyl (C=O) groups is 1. The Kier molecular flexibility index (Phi) is 4.76. The average molecular weight is 356 g/mol. The molecule has 1 aliphatic heterocycles. The van der Waals surface area contributed by atoms with Crippen molar-refractivity contribution in [2.45, 2.75) is 39.3 Å². The van der Waals surface area contributed by atoms with Gasteiger partial charge in [0.2, 0.25) is 0 Å². The normalized spacial score (nSPS) is 19.6. The lowest BCUT2D eigenvalue weighted by molar-refractivity contribution is 0.0158. The second-order valence-electron chi connectivity index (χ2n) is 6.30. The fraction of sp³-hybridized carbons (Fsp3) is 0.600. The molecular formula is C15H22BrN3O2. The summed E-state index contributed by atoms with van der Waals surface area (Å²) in [6.07, 6.45) is 1.54. The predicted molar refractivity (Wildman–Crippen MR) is 86.6 cm³/mol. The van der Waals surface area contributed by atoms with E-state index in [0.29, 0.717) is 6.54 Å². The Bertz CT molecular complexity index is 516. The largest absolute Gasteiger partial charge is 0.444 e. The Balaban J connectivity index is 2.01. The van der Waals surface area contributed by atoms with Crippen LogP contribution in [0, 0.1) is 0 Å². The highest BCUT2D eigenvalue weighted by atomic mass is 79.9. The number of nitrogens with zero attached hydrogens (tertiary/aromatic N) is 3. The average Bonchev–Trinajstić information content (AvgIpc) is 2.36. The lowest BCUT2D eigenvalue weighted by Gasteiger charge is -2.40. The number of pyridine rings is 1. The number of aromatic nitrogens is 1. The van der Waals surface area contributed by atoms with Crippen molar-refractivity contribution in [3.63, 3.8) is 0 Å². The van der Waals surface area contributed by atoms with E-state index in [-0.39, 0.29) is 12.1 Å². The Morgan fingerprint density at radius 2 is 2.14 bits per heavy atom. The molecule has 1 fully saturated rings. The van der Waals surface area contributed by atoms with Crippen LogP contribution in [0.3, 0.4) is 0 Å². The first kappa shape index (κ1) is 16.1. The van der Waals surface area contributed by atoms with Gasteiger partial charge in [-0.2, -0.15) is 0 Å². The molecule has 0 N–H and O–H groups in total. The minimum atomic E-state index is -0.459.